The van der Waals surface area contributed by atoms with E-state index in [1.807, 2.05) is 22.9 Å². The van der Waals surface area contributed by atoms with Crippen LogP contribution in [-0.4, -0.2) is 16.9 Å². The smallest absolute Gasteiger partial charge is 0.161 e. The van der Waals surface area contributed by atoms with E-state index in [9.17, 15) is 0 Å². The Morgan fingerprint density at radius 1 is 1.43 bits per heavy atom. The van der Waals surface area contributed by atoms with E-state index in [4.69, 9.17) is 10.6 Å². The zero-order valence-electron chi connectivity index (χ0n) is 11.9. The van der Waals surface area contributed by atoms with Gasteiger partial charge in [0.25, 0.3) is 0 Å². The van der Waals surface area contributed by atoms with Gasteiger partial charge >= 0.3 is 0 Å². The summed E-state index contributed by atoms with van der Waals surface area (Å²) in [5.74, 6) is 6.54. The highest BCUT2D eigenvalue weighted by atomic mass is 79.9. The number of nitrogens with two attached hydrogens (primary N) is 1. The van der Waals surface area contributed by atoms with Crippen molar-refractivity contribution < 1.29 is 4.74 Å². The van der Waals surface area contributed by atoms with Gasteiger partial charge in [0.1, 0.15) is 5.69 Å². The Balaban J connectivity index is 2.55. The van der Waals surface area contributed by atoms with Gasteiger partial charge in [-0.2, -0.15) is 5.10 Å². The summed E-state index contributed by atoms with van der Waals surface area (Å²) in [6.07, 6.45) is 2.70. The summed E-state index contributed by atoms with van der Waals surface area (Å²) in [7, 11) is 1.64. The van der Waals surface area contributed by atoms with Crippen molar-refractivity contribution in [1.29, 1.82) is 0 Å². The topological polar surface area (TPSA) is 65.1 Å². The lowest BCUT2D eigenvalue weighted by atomic mass is 10.0. The molecule has 21 heavy (non-hydrogen) atoms. The summed E-state index contributed by atoms with van der Waals surface area (Å²) >= 11 is 7.08. The third kappa shape index (κ3) is 3.48. The molecule has 0 bridgehead atoms. The highest BCUT2D eigenvalue weighted by molar-refractivity contribution is 9.11. The Bertz CT molecular complexity index is 615. The lowest BCUT2D eigenvalue weighted by molar-refractivity contribution is 0.398. The third-order valence-corrected chi connectivity index (χ3v) is 4.42. The number of ether oxygens (including phenoxy) is 1. The van der Waals surface area contributed by atoms with Gasteiger partial charge in [0.15, 0.2) is 5.75 Å². The predicted octanol–water partition coefficient (Wildman–Crippen LogP) is 3.38. The molecule has 0 amide bonds. The van der Waals surface area contributed by atoms with Gasteiger partial charge in [0.2, 0.25) is 0 Å². The molecule has 1 atom stereocenters. The number of nitrogens with zero attached hydrogens (tertiary/aromatic N) is 2. The largest absolute Gasteiger partial charge is 0.493 e. The molecular formula is C14H18Br2N4O. The van der Waals surface area contributed by atoms with Crippen LogP contribution < -0.4 is 16.0 Å². The maximum Gasteiger partial charge on any atom is 0.161 e. The minimum absolute atomic E-state index is 0.221. The molecule has 0 radical (unpaired) electrons. The Kier molecular flexibility index (Phi) is 5.80. The number of hydrogen-bond donors (Lipinski definition) is 2. The number of hydrogen-bond acceptors (Lipinski definition) is 4. The Morgan fingerprint density at radius 2 is 2.19 bits per heavy atom. The Hall–Kier alpha value is -0.890. The number of aromatic nitrogens is 2. The molecule has 0 spiro atoms. The summed E-state index contributed by atoms with van der Waals surface area (Å²) in [6.45, 7) is 2.92. The number of benzene rings is 1. The molecule has 1 unspecified atom stereocenters. The second kappa shape index (κ2) is 7.40. The van der Waals surface area contributed by atoms with Gasteiger partial charge in [0, 0.05) is 15.5 Å². The summed E-state index contributed by atoms with van der Waals surface area (Å²) in [5.41, 5.74) is 4.80. The molecule has 0 fully saturated rings. The van der Waals surface area contributed by atoms with Crippen LogP contribution >= 0.6 is 31.9 Å². The van der Waals surface area contributed by atoms with E-state index in [2.05, 4.69) is 49.3 Å². The fourth-order valence-corrected chi connectivity index (χ4v) is 3.12. The normalized spacial score (nSPS) is 12.4. The Morgan fingerprint density at radius 3 is 2.81 bits per heavy atom. The van der Waals surface area contributed by atoms with Crippen molar-refractivity contribution in [2.24, 2.45) is 5.84 Å². The van der Waals surface area contributed by atoms with Crippen LogP contribution in [-0.2, 0) is 6.54 Å². The minimum atomic E-state index is -0.221. The van der Waals surface area contributed by atoms with Crippen molar-refractivity contribution in [3.63, 3.8) is 0 Å². The van der Waals surface area contributed by atoms with E-state index >= 15 is 0 Å². The molecule has 0 saturated heterocycles. The molecule has 2 rings (SSSR count). The highest BCUT2D eigenvalue weighted by Crippen LogP contribution is 2.34. The van der Waals surface area contributed by atoms with Gasteiger partial charge in [0.05, 0.1) is 19.3 Å². The van der Waals surface area contributed by atoms with Crippen LogP contribution in [0.1, 0.15) is 30.6 Å². The second-order valence-corrected chi connectivity index (χ2v) is 6.36. The molecule has 1 aromatic heterocycles. The average molecular weight is 418 g/mol. The fraction of sp³-hybridized carbons (Fsp3) is 0.357. The van der Waals surface area contributed by atoms with E-state index < -0.39 is 0 Å². The van der Waals surface area contributed by atoms with Gasteiger partial charge in [-0.15, -0.1) is 0 Å². The van der Waals surface area contributed by atoms with Crippen molar-refractivity contribution >= 4 is 31.9 Å². The van der Waals surface area contributed by atoms with Crippen molar-refractivity contribution in [2.75, 3.05) is 7.11 Å². The monoisotopic (exact) mass is 416 g/mol. The third-order valence-electron chi connectivity index (χ3n) is 3.21. The number of methoxy groups -OCH3 is 1. The molecule has 0 aliphatic carbocycles. The zero-order valence-corrected chi connectivity index (χ0v) is 15.1. The lowest BCUT2D eigenvalue weighted by Crippen LogP contribution is -2.31. The number of aryl methyl sites for hydroxylation is 1. The fourth-order valence-electron chi connectivity index (χ4n) is 2.27. The second-order valence-electron chi connectivity index (χ2n) is 4.59. The van der Waals surface area contributed by atoms with Gasteiger partial charge in [-0.3, -0.25) is 10.5 Å². The van der Waals surface area contributed by atoms with E-state index in [0.29, 0.717) is 0 Å². The molecule has 1 heterocycles. The van der Waals surface area contributed by atoms with Gasteiger partial charge < -0.3 is 4.74 Å². The molecule has 114 valence electrons. The average Bonchev–Trinajstić information content (AvgIpc) is 2.87. The van der Waals surface area contributed by atoms with E-state index in [1.165, 1.54) is 0 Å². The van der Waals surface area contributed by atoms with E-state index in [1.54, 1.807) is 13.3 Å². The molecule has 5 nitrogen and oxygen atoms in total. The minimum Gasteiger partial charge on any atom is -0.493 e. The maximum absolute atomic E-state index is 5.82. The predicted molar refractivity (Wildman–Crippen MR) is 90.1 cm³/mol. The SMILES string of the molecule is CCCn1ncc(OC)c1C(NN)c1cc(Br)ccc1Br. The van der Waals surface area contributed by atoms with Crippen molar-refractivity contribution in [1.82, 2.24) is 15.2 Å². The lowest BCUT2D eigenvalue weighted by Gasteiger charge is -2.21. The van der Waals surface area contributed by atoms with Crippen molar-refractivity contribution in [3.8, 4) is 5.75 Å². The molecule has 2 aromatic rings. The first-order valence-corrected chi connectivity index (χ1v) is 8.21. The van der Waals surface area contributed by atoms with Crippen LogP contribution in [0.4, 0.5) is 0 Å². The first kappa shape index (κ1) is 16.5. The molecule has 0 aliphatic rings. The van der Waals surface area contributed by atoms with Crippen LogP contribution in [0, 0.1) is 0 Å². The van der Waals surface area contributed by atoms with Crippen LogP contribution in [0.15, 0.2) is 33.3 Å². The van der Waals surface area contributed by atoms with E-state index in [0.717, 1.165) is 38.9 Å². The molecular weight excluding hydrogens is 400 g/mol. The molecule has 1 aromatic carbocycles. The maximum atomic E-state index is 5.82. The first-order valence-electron chi connectivity index (χ1n) is 6.63. The molecule has 3 N–H and O–H groups in total. The molecule has 0 saturated carbocycles. The number of rotatable bonds is 6. The van der Waals surface area contributed by atoms with Gasteiger partial charge in [-0.05, 0) is 30.2 Å². The molecule has 0 aliphatic heterocycles. The Labute approximate surface area is 141 Å². The van der Waals surface area contributed by atoms with E-state index in [-0.39, 0.29) is 6.04 Å². The summed E-state index contributed by atoms with van der Waals surface area (Å²) < 4.78 is 9.33. The zero-order chi connectivity index (χ0) is 15.4. The number of nitrogens with one attached hydrogen (secondary N) is 1. The van der Waals surface area contributed by atoms with Crippen LogP contribution in [0.3, 0.4) is 0 Å². The van der Waals surface area contributed by atoms with Crippen LogP contribution in [0.25, 0.3) is 0 Å². The number of hydrazine groups is 1. The van der Waals surface area contributed by atoms with Crippen molar-refractivity contribution in [2.45, 2.75) is 25.9 Å². The first-order chi connectivity index (χ1) is 10.1. The summed E-state index contributed by atoms with van der Waals surface area (Å²) in [4.78, 5) is 0. The van der Waals surface area contributed by atoms with Crippen LogP contribution in [0.5, 0.6) is 5.75 Å². The van der Waals surface area contributed by atoms with Gasteiger partial charge in [-0.1, -0.05) is 38.8 Å². The number of halogens is 2. The van der Waals surface area contributed by atoms with Crippen LogP contribution in [0.2, 0.25) is 0 Å². The van der Waals surface area contributed by atoms with Crippen molar-refractivity contribution in [3.05, 3.63) is 44.6 Å². The van der Waals surface area contributed by atoms with Gasteiger partial charge in [-0.25, -0.2) is 5.43 Å². The molecule has 7 heteroatoms. The standard InChI is InChI=1S/C14H18Br2N4O/c1-3-6-20-14(12(21-2)8-18-20)13(19-17)10-7-9(15)4-5-11(10)16/h4-5,7-8,13,19H,3,6,17H2,1-2H3. The summed E-state index contributed by atoms with van der Waals surface area (Å²) in [5, 5.41) is 4.39. The quantitative estimate of drug-likeness (QED) is 0.558. The highest BCUT2D eigenvalue weighted by Gasteiger charge is 2.24. The summed E-state index contributed by atoms with van der Waals surface area (Å²) in [6, 6.07) is 5.76.